The van der Waals surface area contributed by atoms with E-state index in [-0.39, 0.29) is 11.9 Å². The molecule has 0 aliphatic carbocycles. The molecule has 0 amide bonds. The van der Waals surface area contributed by atoms with Crippen LogP contribution >= 0.6 is 0 Å². The van der Waals surface area contributed by atoms with E-state index in [0.29, 0.717) is 25.0 Å². The predicted octanol–water partition coefficient (Wildman–Crippen LogP) is 6.12. The number of aliphatic carboxylic acids is 1. The van der Waals surface area contributed by atoms with Crippen molar-refractivity contribution in [2.24, 2.45) is 11.8 Å². The van der Waals surface area contributed by atoms with Gasteiger partial charge in [-0.3, -0.25) is 0 Å². The second kappa shape index (κ2) is 25.7. The third-order valence-electron chi connectivity index (χ3n) is 4.52. The van der Waals surface area contributed by atoms with Gasteiger partial charge in [0.2, 0.25) is 0 Å². The minimum Gasteiger partial charge on any atom is -0.478 e. The van der Waals surface area contributed by atoms with Gasteiger partial charge in [-0.2, -0.15) is 0 Å². The van der Waals surface area contributed by atoms with Crippen LogP contribution < -0.4 is 0 Å². The monoisotopic (exact) mass is 440 g/mol. The van der Waals surface area contributed by atoms with Gasteiger partial charge in [-0.25, -0.2) is 14.4 Å². The summed E-state index contributed by atoms with van der Waals surface area (Å²) < 4.78 is 9.97. The van der Waals surface area contributed by atoms with Crippen molar-refractivity contribution < 1.29 is 29.0 Å². The smallest absolute Gasteiger partial charge is 0.330 e. The standard InChI is InChI=1S/2C11H20O2.C3H4O2/c2*1-4-7-8-10(5-2)9-13-11(12)6-3;1-2-3(4)5/h2*6,10H,3-5,7-9H2,1-2H3;2H,1H2,(H,4,5). The lowest BCUT2D eigenvalue weighted by molar-refractivity contribution is -0.140. The SMILES string of the molecule is C=CC(=O)O.C=CC(=O)OCC(CC)CCCC.C=CC(=O)OCC(CC)CCCC. The van der Waals surface area contributed by atoms with Crippen molar-refractivity contribution in [1.82, 2.24) is 0 Å². The number of unbranched alkanes of at least 4 members (excludes halogenated alkanes) is 2. The lowest BCUT2D eigenvalue weighted by Crippen LogP contribution is -2.12. The van der Waals surface area contributed by atoms with Gasteiger partial charge in [0, 0.05) is 18.2 Å². The van der Waals surface area contributed by atoms with E-state index < -0.39 is 5.97 Å². The van der Waals surface area contributed by atoms with Gasteiger partial charge < -0.3 is 14.6 Å². The summed E-state index contributed by atoms with van der Waals surface area (Å²) in [5, 5.41) is 7.60. The second-order valence-corrected chi connectivity index (χ2v) is 7.04. The zero-order valence-electron chi connectivity index (χ0n) is 20.1. The molecule has 1 N–H and O–H groups in total. The number of esters is 2. The van der Waals surface area contributed by atoms with Crippen molar-refractivity contribution in [2.75, 3.05) is 13.2 Å². The Morgan fingerprint density at radius 3 is 1.26 bits per heavy atom. The number of ether oxygens (including phenoxy) is 2. The molecule has 0 aliphatic heterocycles. The zero-order valence-corrected chi connectivity index (χ0v) is 20.1. The molecule has 0 rings (SSSR count). The van der Waals surface area contributed by atoms with Gasteiger partial charge in [-0.15, -0.1) is 0 Å². The van der Waals surface area contributed by atoms with Gasteiger partial charge in [0.25, 0.3) is 0 Å². The van der Waals surface area contributed by atoms with Crippen molar-refractivity contribution >= 4 is 17.9 Å². The van der Waals surface area contributed by atoms with Crippen LogP contribution in [-0.4, -0.2) is 36.2 Å². The van der Waals surface area contributed by atoms with Gasteiger partial charge in [0.15, 0.2) is 0 Å². The summed E-state index contributed by atoms with van der Waals surface area (Å²) in [6, 6.07) is 0. The van der Waals surface area contributed by atoms with Gasteiger partial charge >= 0.3 is 17.9 Å². The van der Waals surface area contributed by atoms with E-state index in [1.54, 1.807) is 0 Å². The number of rotatable bonds is 15. The fourth-order valence-electron chi connectivity index (χ4n) is 2.31. The maximum Gasteiger partial charge on any atom is 0.330 e. The molecule has 0 heterocycles. The first kappa shape index (κ1) is 33.3. The van der Waals surface area contributed by atoms with Crippen LogP contribution in [-0.2, 0) is 23.9 Å². The third kappa shape index (κ3) is 27.6. The van der Waals surface area contributed by atoms with E-state index in [1.807, 2.05) is 0 Å². The largest absolute Gasteiger partial charge is 0.478 e. The Hall–Kier alpha value is -2.37. The Bertz CT molecular complexity index is 462. The Labute approximate surface area is 189 Å². The molecule has 2 atom stereocenters. The summed E-state index contributed by atoms with van der Waals surface area (Å²) in [4.78, 5) is 30.8. The van der Waals surface area contributed by atoms with E-state index >= 15 is 0 Å². The maximum atomic E-state index is 10.8. The molecular formula is C25H44O6. The maximum absolute atomic E-state index is 10.8. The first-order chi connectivity index (χ1) is 14.7. The van der Waals surface area contributed by atoms with Gasteiger partial charge in [-0.05, 0) is 24.7 Å². The fraction of sp³-hybridized carbons (Fsp3) is 0.640. The summed E-state index contributed by atoms with van der Waals surface area (Å²) in [5.41, 5.74) is 0. The number of carbonyl (C=O) groups is 3. The van der Waals surface area contributed by atoms with Crippen LogP contribution in [0.25, 0.3) is 0 Å². The summed E-state index contributed by atoms with van der Waals surface area (Å²) in [6.45, 7) is 19.3. The van der Waals surface area contributed by atoms with E-state index in [0.717, 1.165) is 31.8 Å². The molecule has 2 unspecified atom stereocenters. The molecule has 0 saturated heterocycles. The second-order valence-electron chi connectivity index (χ2n) is 7.04. The lowest BCUT2D eigenvalue weighted by Gasteiger charge is -2.13. The third-order valence-corrected chi connectivity index (χ3v) is 4.52. The Morgan fingerprint density at radius 1 is 0.742 bits per heavy atom. The van der Waals surface area contributed by atoms with E-state index in [4.69, 9.17) is 14.6 Å². The molecule has 0 radical (unpaired) electrons. The first-order valence-electron chi connectivity index (χ1n) is 11.2. The van der Waals surface area contributed by atoms with Crippen LogP contribution in [0.15, 0.2) is 38.0 Å². The van der Waals surface area contributed by atoms with E-state index in [1.165, 1.54) is 37.8 Å². The van der Waals surface area contributed by atoms with Crippen molar-refractivity contribution in [3.63, 3.8) is 0 Å². The molecule has 0 aromatic carbocycles. The van der Waals surface area contributed by atoms with Crippen molar-refractivity contribution in [3.8, 4) is 0 Å². The molecule has 6 heteroatoms. The number of hydrogen-bond donors (Lipinski definition) is 1. The molecule has 0 aliphatic rings. The van der Waals surface area contributed by atoms with Crippen LogP contribution in [0.2, 0.25) is 0 Å². The highest BCUT2D eigenvalue weighted by molar-refractivity contribution is 5.81. The Morgan fingerprint density at radius 2 is 1.06 bits per heavy atom. The number of hydrogen-bond acceptors (Lipinski definition) is 5. The highest BCUT2D eigenvalue weighted by atomic mass is 16.5. The predicted molar refractivity (Wildman–Crippen MR) is 127 cm³/mol. The van der Waals surface area contributed by atoms with Crippen LogP contribution in [0.3, 0.4) is 0 Å². The summed E-state index contributed by atoms with van der Waals surface area (Å²) in [7, 11) is 0. The normalized spacial score (nSPS) is 11.2. The van der Waals surface area contributed by atoms with Gasteiger partial charge in [-0.1, -0.05) is 86.0 Å². The quantitative estimate of drug-likeness (QED) is 0.244. The highest BCUT2D eigenvalue weighted by Crippen LogP contribution is 2.13. The molecule has 0 aromatic rings. The average Bonchev–Trinajstić information content (AvgIpc) is 2.79. The molecule has 180 valence electrons. The van der Waals surface area contributed by atoms with Crippen LogP contribution in [0.4, 0.5) is 0 Å². The van der Waals surface area contributed by atoms with Crippen LogP contribution in [0.1, 0.15) is 79.1 Å². The first-order valence-corrected chi connectivity index (χ1v) is 11.2. The minimum atomic E-state index is -0.981. The molecule has 6 nitrogen and oxygen atoms in total. The van der Waals surface area contributed by atoms with Crippen LogP contribution in [0, 0.1) is 11.8 Å². The molecule has 0 saturated carbocycles. The average molecular weight is 441 g/mol. The number of carbonyl (C=O) groups excluding carboxylic acids is 2. The van der Waals surface area contributed by atoms with Crippen LogP contribution in [0.5, 0.6) is 0 Å². The van der Waals surface area contributed by atoms with E-state index in [2.05, 4.69) is 47.4 Å². The van der Waals surface area contributed by atoms with E-state index in [9.17, 15) is 14.4 Å². The number of carboxylic acids is 1. The Kier molecular flexibility index (Phi) is 27.5. The molecule has 0 aromatic heterocycles. The van der Waals surface area contributed by atoms with Crippen molar-refractivity contribution in [1.29, 1.82) is 0 Å². The molecular weight excluding hydrogens is 396 g/mol. The lowest BCUT2D eigenvalue weighted by atomic mass is 10.0. The minimum absolute atomic E-state index is 0.310. The molecule has 31 heavy (non-hydrogen) atoms. The summed E-state index contributed by atoms with van der Waals surface area (Å²) in [6.07, 6.45) is 12.5. The zero-order chi connectivity index (χ0) is 24.5. The summed E-state index contributed by atoms with van der Waals surface area (Å²) in [5.74, 6) is -0.567. The fourth-order valence-corrected chi connectivity index (χ4v) is 2.31. The van der Waals surface area contributed by atoms with Gasteiger partial charge in [0.05, 0.1) is 13.2 Å². The topological polar surface area (TPSA) is 89.9 Å². The number of carboxylic acid groups (broad SMARTS) is 1. The Balaban J connectivity index is -0.000000416. The van der Waals surface area contributed by atoms with Crippen molar-refractivity contribution in [3.05, 3.63) is 38.0 Å². The van der Waals surface area contributed by atoms with Crippen molar-refractivity contribution in [2.45, 2.75) is 79.1 Å². The highest BCUT2D eigenvalue weighted by Gasteiger charge is 2.08. The molecule has 0 fully saturated rings. The molecule has 0 spiro atoms. The van der Waals surface area contributed by atoms with Gasteiger partial charge in [0.1, 0.15) is 0 Å². The summed E-state index contributed by atoms with van der Waals surface area (Å²) >= 11 is 0. The molecule has 0 bridgehead atoms.